The van der Waals surface area contributed by atoms with Crippen LogP contribution < -0.4 is 15.1 Å². The van der Waals surface area contributed by atoms with Crippen molar-refractivity contribution in [3.63, 3.8) is 0 Å². The first-order chi connectivity index (χ1) is 12.6. The SMILES string of the molecule is CCCc1ccc(C(=O)c2cc3c(OC)cc(OC)cc3oc2=O)cc1. The molecule has 0 saturated heterocycles. The smallest absolute Gasteiger partial charge is 0.347 e. The molecule has 0 bridgehead atoms. The number of carbonyl (C=O) groups excluding carboxylic acids is 1. The number of ketones is 1. The lowest BCUT2D eigenvalue weighted by Gasteiger charge is -2.09. The van der Waals surface area contributed by atoms with Gasteiger partial charge in [0.1, 0.15) is 22.6 Å². The molecule has 1 aromatic heterocycles. The van der Waals surface area contributed by atoms with Gasteiger partial charge in [-0.05, 0) is 18.1 Å². The molecule has 0 fully saturated rings. The van der Waals surface area contributed by atoms with Crippen molar-refractivity contribution in [1.82, 2.24) is 0 Å². The topological polar surface area (TPSA) is 65.7 Å². The summed E-state index contributed by atoms with van der Waals surface area (Å²) in [6.45, 7) is 2.10. The molecule has 0 radical (unpaired) electrons. The molecule has 26 heavy (non-hydrogen) atoms. The lowest BCUT2D eigenvalue weighted by Crippen LogP contribution is -2.15. The minimum atomic E-state index is -0.685. The zero-order valence-electron chi connectivity index (χ0n) is 15.0. The third-order valence-electron chi connectivity index (χ3n) is 4.24. The van der Waals surface area contributed by atoms with Gasteiger partial charge in [-0.3, -0.25) is 4.79 Å². The molecule has 3 rings (SSSR count). The maximum absolute atomic E-state index is 12.8. The van der Waals surface area contributed by atoms with E-state index in [9.17, 15) is 9.59 Å². The number of hydrogen-bond donors (Lipinski definition) is 0. The average molecular weight is 352 g/mol. The van der Waals surface area contributed by atoms with Crippen molar-refractivity contribution in [2.24, 2.45) is 0 Å². The summed E-state index contributed by atoms with van der Waals surface area (Å²) in [6, 6.07) is 12.1. The van der Waals surface area contributed by atoms with Gasteiger partial charge in [-0.2, -0.15) is 0 Å². The fourth-order valence-corrected chi connectivity index (χ4v) is 2.87. The summed E-state index contributed by atoms with van der Waals surface area (Å²) in [5.74, 6) is 0.597. The maximum atomic E-state index is 12.8. The van der Waals surface area contributed by atoms with E-state index in [1.54, 1.807) is 24.3 Å². The summed E-state index contributed by atoms with van der Waals surface area (Å²) < 4.78 is 15.9. The van der Waals surface area contributed by atoms with Crippen molar-refractivity contribution >= 4 is 16.8 Å². The minimum absolute atomic E-state index is 0.0239. The third-order valence-corrected chi connectivity index (χ3v) is 4.24. The van der Waals surface area contributed by atoms with Crippen LogP contribution in [0.15, 0.2) is 51.7 Å². The van der Waals surface area contributed by atoms with Crippen molar-refractivity contribution < 1.29 is 18.7 Å². The van der Waals surface area contributed by atoms with E-state index in [1.807, 2.05) is 12.1 Å². The van der Waals surface area contributed by atoms with Crippen LogP contribution in [-0.2, 0) is 6.42 Å². The largest absolute Gasteiger partial charge is 0.496 e. The Balaban J connectivity index is 2.08. The molecule has 0 aliphatic carbocycles. The quantitative estimate of drug-likeness (QED) is 0.496. The van der Waals surface area contributed by atoms with Crippen LogP contribution in [0.5, 0.6) is 11.5 Å². The van der Waals surface area contributed by atoms with Crippen molar-refractivity contribution in [1.29, 1.82) is 0 Å². The fourth-order valence-electron chi connectivity index (χ4n) is 2.87. The molecule has 0 atom stereocenters. The minimum Gasteiger partial charge on any atom is -0.496 e. The Morgan fingerprint density at radius 1 is 1.04 bits per heavy atom. The Bertz CT molecular complexity index is 999. The number of carbonyl (C=O) groups is 1. The van der Waals surface area contributed by atoms with Gasteiger partial charge in [0.15, 0.2) is 5.78 Å². The average Bonchev–Trinajstić information content (AvgIpc) is 2.66. The summed E-state index contributed by atoms with van der Waals surface area (Å²) in [5.41, 5.74) is 1.20. The molecule has 0 saturated carbocycles. The van der Waals surface area contributed by atoms with Crippen LogP contribution in [-0.4, -0.2) is 20.0 Å². The molecule has 2 aromatic carbocycles. The Hall–Kier alpha value is -3.08. The van der Waals surface area contributed by atoms with Crippen molar-refractivity contribution in [3.8, 4) is 11.5 Å². The standard InChI is InChI=1S/C21H20O5/c1-4-5-13-6-8-14(9-7-13)20(22)17-12-16-18(25-3)10-15(24-2)11-19(16)26-21(17)23/h6-12H,4-5H2,1-3H3. The van der Waals surface area contributed by atoms with Gasteiger partial charge in [0.2, 0.25) is 0 Å². The molecule has 5 nitrogen and oxygen atoms in total. The Morgan fingerprint density at radius 3 is 2.38 bits per heavy atom. The predicted molar refractivity (Wildman–Crippen MR) is 99.5 cm³/mol. The molecular formula is C21H20O5. The second-order valence-corrected chi connectivity index (χ2v) is 5.97. The molecule has 0 unspecified atom stereocenters. The number of methoxy groups -OCH3 is 2. The van der Waals surface area contributed by atoms with Crippen molar-refractivity contribution in [2.75, 3.05) is 14.2 Å². The first-order valence-corrected chi connectivity index (χ1v) is 8.41. The third kappa shape index (κ3) is 3.33. The van der Waals surface area contributed by atoms with E-state index in [0.717, 1.165) is 18.4 Å². The normalized spacial score (nSPS) is 10.7. The van der Waals surface area contributed by atoms with Crippen LogP contribution in [0.3, 0.4) is 0 Å². The van der Waals surface area contributed by atoms with Crippen LogP contribution >= 0.6 is 0 Å². The molecule has 0 aliphatic heterocycles. The van der Waals surface area contributed by atoms with E-state index in [2.05, 4.69) is 6.92 Å². The first-order valence-electron chi connectivity index (χ1n) is 8.41. The predicted octanol–water partition coefficient (Wildman–Crippen LogP) is 3.99. The van der Waals surface area contributed by atoms with Gasteiger partial charge in [-0.1, -0.05) is 37.6 Å². The van der Waals surface area contributed by atoms with Gasteiger partial charge >= 0.3 is 5.63 Å². The number of rotatable bonds is 6. The number of aryl methyl sites for hydroxylation is 1. The number of ether oxygens (including phenoxy) is 2. The van der Waals surface area contributed by atoms with Gasteiger partial charge < -0.3 is 13.9 Å². The summed E-state index contributed by atoms with van der Waals surface area (Å²) in [4.78, 5) is 25.1. The highest BCUT2D eigenvalue weighted by molar-refractivity contribution is 6.10. The van der Waals surface area contributed by atoms with Crippen LogP contribution in [0.4, 0.5) is 0 Å². The number of hydrogen-bond acceptors (Lipinski definition) is 5. The van der Waals surface area contributed by atoms with Crippen LogP contribution in [0, 0.1) is 0 Å². The van der Waals surface area contributed by atoms with E-state index >= 15 is 0 Å². The van der Waals surface area contributed by atoms with E-state index in [-0.39, 0.29) is 11.3 Å². The molecule has 0 amide bonds. The Morgan fingerprint density at radius 2 is 1.77 bits per heavy atom. The maximum Gasteiger partial charge on any atom is 0.347 e. The fraction of sp³-hybridized carbons (Fsp3) is 0.238. The highest BCUT2D eigenvalue weighted by Gasteiger charge is 2.18. The molecule has 3 aromatic rings. The Labute approximate surface area is 151 Å². The lowest BCUT2D eigenvalue weighted by atomic mass is 10.0. The molecule has 0 spiro atoms. The second-order valence-electron chi connectivity index (χ2n) is 5.97. The van der Waals surface area contributed by atoms with Gasteiger partial charge in [0.25, 0.3) is 0 Å². The molecule has 134 valence electrons. The van der Waals surface area contributed by atoms with Crippen molar-refractivity contribution in [3.05, 3.63) is 69.6 Å². The summed E-state index contributed by atoms with van der Waals surface area (Å²) in [5, 5.41) is 0.541. The lowest BCUT2D eigenvalue weighted by molar-refractivity contribution is 0.103. The van der Waals surface area contributed by atoms with E-state index in [1.165, 1.54) is 20.3 Å². The summed E-state index contributed by atoms with van der Waals surface area (Å²) in [7, 11) is 3.02. The monoisotopic (exact) mass is 352 g/mol. The zero-order valence-corrected chi connectivity index (χ0v) is 15.0. The van der Waals surface area contributed by atoms with Crippen LogP contribution in [0.25, 0.3) is 11.0 Å². The van der Waals surface area contributed by atoms with E-state index in [4.69, 9.17) is 13.9 Å². The first kappa shape index (κ1) is 17.7. The second kappa shape index (κ2) is 7.44. The van der Waals surface area contributed by atoms with E-state index < -0.39 is 5.63 Å². The number of fused-ring (bicyclic) bond motifs is 1. The van der Waals surface area contributed by atoms with Gasteiger partial charge in [-0.25, -0.2) is 4.79 Å². The van der Waals surface area contributed by atoms with Gasteiger partial charge in [0, 0.05) is 17.7 Å². The molecule has 0 N–H and O–H groups in total. The summed E-state index contributed by atoms with van der Waals surface area (Å²) >= 11 is 0. The molecule has 0 aliphatic rings. The Kier molecular flexibility index (Phi) is 5.07. The van der Waals surface area contributed by atoms with E-state index in [0.29, 0.717) is 28.0 Å². The number of benzene rings is 2. The van der Waals surface area contributed by atoms with Gasteiger partial charge in [-0.15, -0.1) is 0 Å². The van der Waals surface area contributed by atoms with Crippen LogP contribution in [0.1, 0.15) is 34.8 Å². The molecular weight excluding hydrogens is 332 g/mol. The highest BCUT2D eigenvalue weighted by Crippen LogP contribution is 2.31. The highest BCUT2D eigenvalue weighted by atomic mass is 16.5. The summed E-state index contributed by atoms with van der Waals surface area (Å²) in [6.07, 6.45) is 1.98. The van der Waals surface area contributed by atoms with Gasteiger partial charge in [0.05, 0.1) is 19.6 Å². The zero-order chi connectivity index (χ0) is 18.7. The van der Waals surface area contributed by atoms with Crippen LogP contribution in [0.2, 0.25) is 0 Å². The molecule has 5 heteroatoms. The van der Waals surface area contributed by atoms with Crippen molar-refractivity contribution in [2.45, 2.75) is 19.8 Å². The molecule has 1 heterocycles.